The predicted molar refractivity (Wildman–Crippen MR) is 74.8 cm³/mol. The Morgan fingerprint density at radius 2 is 1.50 bits per heavy atom. The van der Waals surface area contributed by atoms with E-state index in [0.717, 1.165) is 37.0 Å². The lowest BCUT2D eigenvalue weighted by Gasteiger charge is -2.62. The molecule has 1 saturated heterocycles. The maximum atomic E-state index is 12.7. The maximum absolute atomic E-state index is 12.7. The molecule has 110 valence electrons. The fourth-order valence-electron chi connectivity index (χ4n) is 5.92. The molecule has 4 nitrogen and oxygen atoms in total. The van der Waals surface area contributed by atoms with Gasteiger partial charge in [0.15, 0.2) is 0 Å². The largest absolute Gasteiger partial charge is 0.343 e. The molecule has 4 bridgehead atoms. The third-order valence-electron chi connectivity index (χ3n) is 6.25. The van der Waals surface area contributed by atoms with Gasteiger partial charge in [0.1, 0.15) is 12.1 Å². The van der Waals surface area contributed by atoms with E-state index in [1.807, 2.05) is 18.7 Å². The molecule has 2 amide bonds. The van der Waals surface area contributed by atoms with Crippen molar-refractivity contribution in [1.29, 1.82) is 0 Å². The van der Waals surface area contributed by atoms with Crippen LogP contribution in [0.15, 0.2) is 0 Å². The molecule has 1 heterocycles. The zero-order chi connectivity index (χ0) is 14.1. The Morgan fingerprint density at radius 3 is 2.00 bits per heavy atom. The van der Waals surface area contributed by atoms with Gasteiger partial charge in [-0.1, -0.05) is 0 Å². The highest BCUT2D eigenvalue weighted by atomic mass is 16.2. The highest BCUT2D eigenvalue weighted by Crippen LogP contribution is 2.58. The summed E-state index contributed by atoms with van der Waals surface area (Å²) in [6, 6.07) is -0.651. The van der Waals surface area contributed by atoms with E-state index >= 15 is 0 Å². The average molecular weight is 276 g/mol. The third-order valence-corrected chi connectivity index (χ3v) is 6.25. The van der Waals surface area contributed by atoms with Gasteiger partial charge >= 0.3 is 0 Å². The second kappa shape index (κ2) is 3.99. The summed E-state index contributed by atoms with van der Waals surface area (Å²) >= 11 is 0. The minimum Gasteiger partial charge on any atom is -0.343 e. The fourth-order valence-corrected chi connectivity index (χ4v) is 5.92. The molecule has 0 aromatic heterocycles. The summed E-state index contributed by atoms with van der Waals surface area (Å²) in [5, 5.41) is 2.81. The first-order valence-corrected chi connectivity index (χ1v) is 8.12. The van der Waals surface area contributed by atoms with E-state index in [0.29, 0.717) is 0 Å². The highest BCUT2D eigenvalue weighted by molar-refractivity contribution is 5.97. The number of amides is 2. The zero-order valence-electron chi connectivity index (χ0n) is 12.4. The van der Waals surface area contributed by atoms with Crippen LogP contribution in [0, 0.1) is 17.8 Å². The van der Waals surface area contributed by atoms with Crippen LogP contribution < -0.4 is 5.32 Å². The van der Waals surface area contributed by atoms with Crippen molar-refractivity contribution in [1.82, 2.24) is 10.2 Å². The van der Waals surface area contributed by atoms with Crippen LogP contribution in [-0.2, 0) is 9.59 Å². The van der Waals surface area contributed by atoms with Gasteiger partial charge in [-0.05, 0) is 70.1 Å². The zero-order valence-corrected chi connectivity index (χ0v) is 12.4. The van der Waals surface area contributed by atoms with Crippen molar-refractivity contribution >= 4 is 11.8 Å². The smallest absolute Gasteiger partial charge is 0.245 e. The summed E-state index contributed by atoms with van der Waals surface area (Å²) in [6.45, 7) is 3.72. The quantitative estimate of drug-likeness (QED) is 0.792. The lowest BCUT2D eigenvalue weighted by atomic mass is 9.52. The molecular weight excluding hydrogens is 252 g/mol. The minimum absolute atomic E-state index is 0.00271. The van der Waals surface area contributed by atoms with Crippen molar-refractivity contribution in [3.05, 3.63) is 0 Å². The van der Waals surface area contributed by atoms with Crippen molar-refractivity contribution in [2.75, 3.05) is 0 Å². The van der Waals surface area contributed by atoms with Gasteiger partial charge in [0.2, 0.25) is 11.8 Å². The summed E-state index contributed by atoms with van der Waals surface area (Å²) in [5.74, 6) is 2.54. The first-order chi connectivity index (χ1) is 9.48. The summed E-state index contributed by atoms with van der Waals surface area (Å²) in [5.41, 5.74) is -0.00271. The van der Waals surface area contributed by atoms with Gasteiger partial charge in [0.25, 0.3) is 0 Å². The number of carbonyl (C=O) groups is 2. The molecule has 1 N–H and O–H groups in total. The van der Waals surface area contributed by atoms with Crippen molar-refractivity contribution in [2.24, 2.45) is 17.8 Å². The summed E-state index contributed by atoms with van der Waals surface area (Å²) in [7, 11) is 0. The number of nitrogens with one attached hydrogen (secondary N) is 1. The molecule has 5 fully saturated rings. The molecular formula is C16H24N2O2. The maximum Gasteiger partial charge on any atom is 0.245 e. The van der Waals surface area contributed by atoms with Gasteiger partial charge in [0.05, 0.1) is 0 Å². The van der Waals surface area contributed by atoms with Crippen molar-refractivity contribution in [2.45, 2.75) is 70.0 Å². The Labute approximate surface area is 120 Å². The minimum atomic E-state index is -0.355. The molecule has 1 aliphatic heterocycles. The molecule has 5 rings (SSSR count). The van der Waals surface area contributed by atoms with E-state index in [1.54, 1.807) is 0 Å². The molecule has 2 unspecified atom stereocenters. The second-order valence-corrected chi connectivity index (χ2v) is 7.76. The Kier molecular flexibility index (Phi) is 2.52. The second-order valence-electron chi connectivity index (χ2n) is 7.76. The van der Waals surface area contributed by atoms with E-state index < -0.39 is 0 Å². The SMILES string of the molecule is CC1NC(=O)C(C)N(C23CC4CC(CC(C4)C2)C3)C1=O. The third kappa shape index (κ3) is 1.60. The molecule has 4 heteroatoms. The Morgan fingerprint density at radius 1 is 1.00 bits per heavy atom. The lowest BCUT2D eigenvalue weighted by Crippen LogP contribution is -2.71. The van der Waals surface area contributed by atoms with E-state index in [2.05, 4.69) is 5.32 Å². The van der Waals surface area contributed by atoms with Crippen molar-refractivity contribution < 1.29 is 9.59 Å². The molecule has 0 spiro atoms. The number of nitrogens with zero attached hydrogens (tertiary/aromatic N) is 1. The Hall–Kier alpha value is -1.06. The van der Waals surface area contributed by atoms with Gasteiger partial charge in [-0.2, -0.15) is 0 Å². The van der Waals surface area contributed by atoms with Gasteiger partial charge in [0, 0.05) is 5.54 Å². The molecule has 4 saturated carbocycles. The molecule has 2 atom stereocenters. The fraction of sp³-hybridized carbons (Fsp3) is 0.875. The van der Waals surface area contributed by atoms with Crippen molar-refractivity contribution in [3.63, 3.8) is 0 Å². The van der Waals surface area contributed by atoms with E-state index in [1.165, 1.54) is 19.3 Å². The van der Waals surface area contributed by atoms with Crippen LogP contribution in [-0.4, -0.2) is 34.3 Å². The molecule has 0 aromatic carbocycles. The summed E-state index contributed by atoms with van der Waals surface area (Å²) in [6.07, 6.45) is 7.48. The molecule has 5 aliphatic rings. The highest BCUT2D eigenvalue weighted by Gasteiger charge is 2.57. The number of carbonyl (C=O) groups excluding carboxylic acids is 2. The van der Waals surface area contributed by atoms with Crippen molar-refractivity contribution in [3.8, 4) is 0 Å². The van der Waals surface area contributed by atoms with E-state index in [4.69, 9.17) is 0 Å². The van der Waals surface area contributed by atoms with Crippen LogP contribution in [0.1, 0.15) is 52.4 Å². The van der Waals surface area contributed by atoms with Crippen LogP contribution in [0.5, 0.6) is 0 Å². The lowest BCUT2D eigenvalue weighted by molar-refractivity contribution is -0.169. The summed E-state index contributed by atoms with van der Waals surface area (Å²) < 4.78 is 0. The first-order valence-electron chi connectivity index (χ1n) is 8.12. The van der Waals surface area contributed by atoms with Crippen LogP contribution in [0.25, 0.3) is 0 Å². The average Bonchev–Trinajstić information content (AvgIpc) is 2.34. The Balaban J connectivity index is 1.71. The van der Waals surface area contributed by atoms with Gasteiger partial charge in [-0.3, -0.25) is 9.59 Å². The van der Waals surface area contributed by atoms with Crippen LogP contribution >= 0.6 is 0 Å². The van der Waals surface area contributed by atoms with Gasteiger partial charge in [-0.15, -0.1) is 0 Å². The van der Waals surface area contributed by atoms with E-state index in [9.17, 15) is 9.59 Å². The molecule has 20 heavy (non-hydrogen) atoms. The normalized spacial score (nSPS) is 50.5. The molecule has 0 radical (unpaired) electrons. The topological polar surface area (TPSA) is 49.4 Å². The first kappa shape index (κ1) is 12.7. The predicted octanol–water partition coefficient (Wildman–Crippen LogP) is 1.69. The van der Waals surface area contributed by atoms with Crippen LogP contribution in [0.4, 0.5) is 0 Å². The summed E-state index contributed by atoms with van der Waals surface area (Å²) in [4.78, 5) is 26.9. The van der Waals surface area contributed by atoms with Crippen LogP contribution in [0.2, 0.25) is 0 Å². The van der Waals surface area contributed by atoms with E-state index in [-0.39, 0.29) is 29.4 Å². The molecule has 4 aliphatic carbocycles. The number of rotatable bonds is 1. The Bertz CT molecular complexity index is 438. The standard InChI is InChI=1S/C16H24N2O2/c1-9-15(20)18(10(2)14(19)17-9)16-6-11-3-12(7-16)5-13(4-11)8-16/h9-13H,3-8H2,1-2H3,(H,17,19). The number of hydrogen-bond donors (Lipinski definition) is 1. The van der Waals surface area contributed by atoms with Crippen LogP contribution in [0.3, 0.4) is 0 Å². The monoisotopic (exact) mass is 276 g/mol. The number of hydrogen-bond acceptors (Lipinski definition) is 2. The van der Waals surface area contributed by atoms with Gasteiger partial charge < -0.3 is 10.2 Å². The van der Waals surface area contributed by atoms with Gasteiger partial charge in [-0.25, -0.2) is 0 Å². The number of piperazine rings is 1. The molecule has 0 aromatic rings.